The molecule has 2 aromatic heterocycles. The molecule has 0 bridgehead atoms. The Labute approximate surface area is 121 Å². The van der Waals surface area contributed by atoms with Crippen LogP contribution in [0.25, 0.3) is 0 Å². The van der Waals surface area contributed by atoms with Gasteiger partial charge >= 0.3 is 5.97 Å². The third kappa shape index (κ3) is 4.16. The summed E-state index contributed by atoms with van der Waals surface area (Å²) in [5.41, 5.74) is 0. The predicted molar refractivity (Wildman–Crippen MR) is 79.6 cm³/mol. The highest BCUT2D eigenvalue weighted by atomic mass is 32.1. The zero-order valence-corrected chi connectivity index (χ0v) is 12.6. The van der Waals surface area contributed by atoms with Gasteiger partial charge in [-0.15, -0.1) is 22.7 Å². The Morgan fingerprint density at radius 3 is 2.84 bits per heavy atom. The molecule has 0 aliphatic rings. The molecule has 102 valence electrons. The third-order valence-corrected chi connectivity index (χ3v) is 4.96. The van der Waals surface area contributed by atoms with Crippen LogP contribution in [0, 0.1) is 0 Å². The number of nitrogens with one attached hydrogen (secondary N) is 1. The van der Waals surface area contributed by atoms with Crippen molar-refractivity contribution in [1.82, 2.24) is 5.32 Å². The Morgan fingerprint density at radius 1 is 1.37 bits per heavy atom. The van der Waals surface area contributed by atoms with Gasteiger partial charge in [-0.1, -0.05) is 6.07 Å². The lowest BCUT2D eigenvalue weighted by atomic mass is 10.2. The second kappa shape index (κ2) is 6.84. The van der Waals surface area contributed by atoms with E-state index in [0.717, 1.165) is 11.4 Å². The number of hydrogen-bond donors (Lipinski definition) is 1. The maximum atomic E-state index is 11.2. The molecule has 19 heavy (non-hydrogen) atoms. The zero-order chi connectivity index (χ0) is 13.7. The summed E-state index contributed by atoms with van der Waals surface area (Å²) in [7, 11) is 1.42. The summed E-state index contributed by atoms with van der Waals surface area (Å²) in [6, 6.07) is 8.62. The van der Waals surface area contributed by atoms with Crippen molar-refractivity contribution >= 4 is 28.6 Å². The number of rotatable bonds is 6. The number of hydrogen-bond acceptors (Lipinski definition) is 5. The first-order valence-corrected chi connectivity index (χ1v) is 7.80. The van der Waals surface area contributed by atoms with Crippen molar-refractivity contribution in [2.24, 2.45) is 0 Å². The van der Waals surface area contributed by atoms with Crippen LogP contribution in [-0.2, 0) is 22.5 Å². The van der Waals surface area contributed by atoms with Crippen LogP contribution in [0.2, 0.25) is 0 Å². The third-order valence-electron chi connectivity index (χ3n) is 2.82. The Kier molecular flexibility index (Phi) is 5.13. The van der Waals surface area contributed by atoms with Crippen LogP contribution < -0.4 is 5.32 Å². The highest BCUT2D eigenvalue weighted by Gasteiger charge is 2.08. The molecule has 0 aromatic carbocycles. The number of thiophene rings is 2. The monoisotopic (exact) mass is 295 g/mol. The minimum atomic E-state index is -0.187. The van der Waals surface area contributed by atoms with Crippen molar-refractivity contribution in [1.29, 1.82) is 0 Å². The second-order valence-electron chi connectivity index (χ2n) is 4.24. The summed E-state index contributed by atoms with van der Waals surface area (Å²) in [5.74, 6) is -0.187. The van der Waals surface area contributed by atoms with Crippen molar-refractivity contribution in [2.75, 3.05) is 7.11 Å². The first-order valence-electron chi connectivity index (χ1n) is 6.10. The minimum absolute atomic E-state index is 0.187. The van der Waals surface area contributed by atoms with Gasteiger partial charge in [0.25, 0.3) is 0 Å². The molecule has 0 saturated carbocycles. The maximum absolute atomic E-state index is 11.2. The van der Waals surface area contributed by atoms with E-state index in [-0.39, 0.29) is 5.97 Å². The number of ether oxygens (including phenoxy) is 1. The van der Waals surface area contributed by atoms with E-state index in [1.165, 1.54) is 16.9 Å². The Bertz CT molecular complexity index is 519. The average molecular weight is 295 g/mol. The number of methoxy groups -OCH3 is 1. The van der Waals surface area contributed by atoms with Crippen LogP contribution in [0.1, 0.15) is 27.6 Å². The standard InChI is InChI=1S/C14H17NO2S2/c1-10(13-4-3-7-18-13)15-9-12-6-5-11(19-12)8-14(16)17-2/h3-7,10,15H,8-9H2,1-2H3/t10-/m0/s1. The quantitative estimate of drug-likeness (QED) is 0.830. The summed E-state index contributed by atoms with van der Waals surface area (Å²) in [6.45, 7) is 2.99. The van der Waals surface area contributed by atoms with Gasteiger partial charge in [-0.05, 0) is 30.5 Å². The SMILES string of the molecule is COC(=O)Cc1ccc(CN[C@@H](C)c2cccs2)s1. The van der Waals surface area contributed by atoms with Crippen LogP contribution in [-0.4, -0.2) is 13.1 Å². The molecule has 0 unspecified atom stereocenters. The normalized spacial score (nSPS) is 12.3. The topological polar surface area (TPSA) is 38.3 Å². The van der Waals surface area contributed by atoms with Crippen LogP contribution in [0.15, 0.2) is 29.6 Å². The van der Waals surface area contributed by atoms with E-state index in [2.05, 4.69) is 40.6 Å². The molecular weight excluding hydrogens is 278 g/mol. The average Bonchev–Trinajstić information content (AvgIpc) is 3.07. The smallest absolute Gasteiger partial charge is 0.310 e. The van der Waals surface area contributed by atoms with E-state index in [9.17, 15) is 4.79 Å². The van der Waals surface area contributed by atoms with Crippen molar-refractivity contribution in [2.45, 2.75) is 25.9 Å². The zero-order valence-electron chi connectivity index (χ0n) is 11.0. The second-order valence-corrected chi connectivity index (χ2v) is 6.47. The highest BCUT2D eigenvalue weighted by molar-refractivity contribution is 7.12. The van der Waals surface area contributed by atoms with E-state index in [0.29, 0.717) is 12.5 Å². The van der Waals surface area contributed by atoms with Gasteiger partial charge in [0.1, 0.15) is 0 Å². The Morgan fingerprint density at radius 2 is 2.16 bits per heavy atom. The van der Waals surface area contributed by atoms with Crippen molar-refractivity contribution in [3.05, 3.63) is 44.3 Å². The number of esters is 1. The van der Waals surface area contributed by atoms with E-state index >= 15 is 0 Å². The van der Waals surface area contributed by atoms with Crippen molar-refractivity contribution in [3.63, 3.8) is 0 Å². The van der Waals surface area contributed by atoms with Crippen LogP contribution >= 0.6 is 22.7 Å². The molecule has 3 nitrogen and oxygen atoms in total. The lowest BCUT2D eigenvalue weighted by Gasteiger charge is -2.10. The molecule has 0 amide bonds. The highest BCUT2D eigenvalue weighted by Crippen LogP contribution is 2.21. The summed E-state index contributed by atoms with van der Waals surface area (Å²) in [4.78, 5) is 14.8. The van der Waals surface area contributed by atoms with Crippen LogP contribution in [0.3, 0.4) is 0 Å². The largest absolute Gasteiger partial charge is 0.469 e. The fourth-order valence-corrected chi connectivity index (χ4v) is 3.43. The van der Waals surface area contributed by atoms with Crippen molar-refractivity contribution < 1.29 is 9.53 Å². The summed E-state index contributed by atoms with van der Waals surface area (Å²) in [5, 5.41) is 5.58. The fraction of sp³-hybridized carbons (Fsp3) is 0.357. The van der Waals surface area contributed by atoms with Gasteiger partial charge in [-0.25, -0.2) is 0 Å². The molecule has 0 radical (unpaired) electrons. The number of carbonyl (C=O) groups is 1. The van der Waals surface area contributed by atoms with Gasteiger partial charge in [-0.3, -0.25) is 4.79 Å². The summed E-state index contributed by atoms with van der Waals surface area (Å²) < 4.78 is 4.66. The Balaban J connectivity index is 1.85. The van der Waals surface area contributed by atoms with Crippen molar-refractivity contribution in [3.8, 4) is 0 Å². The molecule has 1 N–H and O–H groups in total. The van der Waals surface area contributed by atoms with Gasteiger partial charge in [0.15, 0.2) is 0 Å². The molecule has 2 aromatic rings. The van der Waals surface area contributed by atoms with Crippen LogP contribution in [0.5, 0.6) is 0 Å². The van der Waals surface area contributed by atoms with Gasteiger partial charge in [0.05, 0.1) is 13.5 Å². The van der Waals surface area contributed by atoms with Gasteiger partial charge < -0.3 is 10.1 Å². The summed E-state index contributed by atoms with van der Waals surface area (Å²) in [6.07, 6.45) is 0.363. The van der Waals surface area contributed by atoms with Gasteiger partial charge in [0, 0.05) is 27.2 Å². The van der Waals surface area contributed by atoms with Gasteiger partial charge in [0.2, 0.25) is 0 Å². The molecule has 2 rings (SSSR count). The lowest BCUT2D eigenvalue weighted by molar-refractivity contribution is -0.139. The minimum Gasteiger partial charge on any atom is -0.469 e. The van der Waals surface area contributed by atoms with E-state index in [1.54, 1.807) is 22.7 Å². The molecule has 2 heterocycles. The van der Waals surface area contributed by atoms with E-state index in [1.807, 2.05) is 6.07 Å². The molecule has 0 aliphatic heterocycles. The first kappa shape index (κ1) is 14.2. The predicted octanol–water partition coefficient (Wildman–Crippen LogP) is 3.38. The number of carbonyl (C=O) groups excluding carboxylic acids is 1. The lowest BCUT2D eigenvalue weighted by Crippen LogP contribution is -2.16. The van der Waals surface area contributed by atoms with E-state index in [4.69, 9.17) is 0 Å². The van der Waals surface area contributed by atoms with Crippen LogP contribution in [0.4, 0.5) is 0 Å². The molecular formula is C14H17NO2S2. The molecule has 1 atom stereocenters. The van der Waals surface area contributed by atoms with E-state index < -0.39 is 0 Å². The van der Waals surface area contributed by atoms with Gasteiger partial charge in [-0.2, -0.15) is 0 Å². The maximum Gasteiger partial charge on any atom is 0.310 e. The first-order chi connectivity index (χ1) is 9.19. The Hall–Kier alpha value is -1.17. The summed E-state index contributed by atoms with van der Waals surface area (Å²) >= 11 is 3.42. The molecule has 0 saturated heterocycles. The molecule has 0 aliphatic carbocycles. The molecule has 0 spiro atoms. The molecule has 5 heteroatoms. The fourth-order valence-electron chi connectivity index (χ4n) is 1.72. The molecule has 0 fully saturated rings.